The fourth-order valence-electron chi connectivity index (χ4n) is 5.46. The number of nitrogens with zero attached hydrogens (tertiary/aromatic N) is 2. The number of hydrogen-bond acceptors (Lipinski definition) is 8. The van der Waals surface area contributed by atoms with Crippen molar-refractivity contribution in [2.45, 2.75) is 44.6 Å². The Morgan fingerprint density at radius 3 is 2.76 bits per heavy atom. The lowest BCUT2D eigenvalue weighted by atomic mass is 9.95. The number of carboxylic acids is 1. The SMILES string of the molecule is COc1cccc(F)c1-c1cccc2c1CC[C@@H]2Oc1cc(OCc2cncc(C#N)c2)c(CN[C@@H](CCO)C(=O)O)cc1Cl. The summed E-state index contributed by atoms with van der Waals surface area (Å²) in [4.78, 5) is 15.7. The number of benzene rings is 3. The van der Waals surface area contributed by atoms with Crippen LogP contribution in [0.25, 0.3) is 11.1 Å². The van der Waals surface area contributed by atoms with E-state index in [0.717, 1.165) is 16.7 Å². The summed E-state index contributed by atoms with van der Waals surface area (Å²) in [7, 11) is 1.51. The molecule has 0 aliphatic heterocycles. The number of carbonyl (C=O) groups is 1. The molecule has 0 unspecified atom stereocenters. The molecule has 3 N–H and O–H groups in total. The molecule has 2 atom stereocenters. The molecule has 3 aromatic carbocycles. The maximum absolute atomic E-state index is 15.0. The van der Waals surface area contributed by atoms with Crippen LogP contribution in [-0.4, -0.2) is 40.9 Å². The third-order valence-electron chi connectivity index (χ3n) is 7.64. The predicted octanol–water partition coefficient (Wildman–Crippen LogP) is 5.99. The van der Waals surface area contributed by atoms with Crippen LogP contribution in [0.4, 0.5) is 4.39 Å². The number of aliphatic carboxylic acids is 1. The number of ether oxygens (including phenoxy) is 3. The number of hydrogen-bond donors (Lipinski definition) is 3. The standard InChI is InChI=1S/C34H31ClFN3O6/c1-43-30-7-3-6-27(36)33(30)25-5-2-4-24-23(25)8-9-29(24)45-32-14-31(44-19-21-12-20(15-37)16-38-17-21)22(13-26(32)35)18-39-28(10-11-40)34(41)42/h2-7,12-14,16-17,28-29,39-40H,8-11,18-19H2,1H3,(H,41,42)/t28-,29-/m0/s1. The van der Waals surface area contributed by atoms with E-state index in [1.807, 2.05) is 18.2 Å². The van der Waals surface area contributed by atoms with Crippen LogP contribution in [-0.2, 0) is 24.4 Å². The first kappa shape index (κ1) is 31.7. The maximum Gasteiger partial charge on any atom is 0.320 e. The van der Waals surface area contributed by atoms with Gasteiger partial charge in [-0.05, 0) is 60.2 Å². The van der Waals surface area contributed by atoms with Crippen molar-refractivity contribution in [2.75, 3.05) is 13.7 Å². The fourth-order valence-corrected chi connectivity index (χ4v) is 5.70. The second kappa shape index (κ2) is 14.4. The first-order valence-corrected chi connectivity index (χ1v) is 14.7. The Hall–Kier alpha value is -4.69. The van der Waals surface area contributed by atoms with Crippen molar-refractivity contribution in [1.82, 2.24) is 10.3 Å². The Morgan fingerprint density at radius 1 is 1.18 bits per heavy atom. The van der Waals surface area contributed by atoms with Gasteiger partial charge in [-0.3, -0.25) is 9.78 Å². The first-order chi connectivity index (χ1) is 21.8. The van der Waals surface area contributed by atoms with Gasteiger partial charge in [-0.2, -0.15) is 5.26 Å². The number of nitrogens with one attached hydrogen (secondary N) is 1. The lowest BCUT2D eigenvalue weighted by Gasteiger charge is -2.21. The van der Waals surface area contributed by atoms with Crippen LogP contribution in [0.5, 0.6) is 17.2 Å². The summed E-state index contributed by atoms with van der Waals surface area (Å²) >= 11 is 6.71. The molecule has 1 aliphatic carbocycles. The number of aliphatic hydroxyl groups excluding tert-OH is 1. The quantitative estimate of drug-likeness (QED) is 0.163. The minimum Gasteiger partial charge on any atom is -0.496 e. The van der Waals surface area contributed by atoms with E-state index >= 15 is 0 Å². The molecule has 1 heterocycles. The molecule has 0 spiro atoms. The van der Waals surface area contributed by atoms with Crippen molar-refractivity contribution in [1.29, 1.82) is 5.26 Å². The van der Waals surface area contributed by atoms with E-state index in [0.29, 0.717) is 57.4 Å². The molecule has 232 valence electrons. The van der Waals surface area contributed by atoms with E-state index in [1.165, 1.54) is 19.4 Å². The summed E-state index contributed by atoms with van der Waals surface area (Å²) in [5.74, 6) is -0.275. The van der Waals surface area contributed by atoms with Gasteiger partial charge in [-0.25, -0.2) is 4.39 Å². The van der Waals surface area contributed by atoms with E-state index in [-0.39, 0.29) is 38.1 Å². The molecule has 45 heavy (non-hydrogen) atoms. The second-order valence-corrected chi connectivity index (χ2v) is 10.9. The van der Waals surface area contributed by atoms with Crippen molar-refractivity contribution < 1.29 is 33.6 Å². The lowest BCUT2D eigenvalue weighted by molar-refractivity contribution is -0.140. The summed E-state index contributed by atoms with van der Waals surface area (Å²) in [6.07, 6.45) is 3.98. The number of rotatable bonds is 13. The average molecular weight is 632 g/mol. The van der Waals surface area contributed by atoms with Crippen LogP contribution < -0.4 is 19.5 Å². The van der Waals surface area contributed by atoms with Crippen molar-refractivity contribution in [3.8, 4) is 34.4 Å². The summed E-state index contributed by atoms with van der Waals surface area (Å²) in [6, 6.07) is 16.5. The highest BCUT2D eigenvalue weighted by molar-refractivity contribution is 6.32. The topological polar surface area (TPSA) is 134 Å². The molecule has 1 aromatic heterocycles. The number of halogens is 2. The third kappa shape index (κ3) is 7.18. The number of methoxy groups -OCH3 is 1. The van der Waals surface area contributed by atoms with Gasteiger partial charge in [-0.1, -0.05) is 35.9 Å². The molecule has 0 saturated heterocycles. The Morgan fingerprint density at radius 2 is 2.00 bits per heavy atom. The van der Waals surface area contributed by atoms with Gasteiger partial charge in [-0.15, -0.1) is 0 Å². The van der Waals surface area contributed by atoms with Crippen LogP contribution in [0.3, 0.4) is 0 Å². The minimum absolute atomic E-state index is 0.0227. The summed E-state index contributed by atoms with van der Waals surface area (Å²) < 4.78 is 33.1. The van der Waals surface area contributed by atoms with E-state index in [4.69, 9.17) is 25.8 Å². The number of pyridine rings is 1. The zero-order chi connectivity index (χ0) is 31.9. The molecule has 0 fully saturated rings. The fraction of sp³-hybridized carbons (Fsp3) is 0.265. The van der Waals surface area contributed by atoms with Gasteiger partial charge in [0.15, 0.2) is 0 Å². The van der Waals surface area contributed by atoms with Gasteiger partial charge in [0.05, 0.1) is 23.3 Å². The summed E-state index contributed by atoms with van der Waals surface area (Å²) in [5, 5.41) is 31.2. The first-order valence-electron chi connectivity index (χ1n) is 14.3. The number of fused-ring (bicyclic) bond motifs is 1. The van der Waals surface area contributed by atoms with Gasteiger partial charge in [0.2, 0.25) is 0 Å². The maximum atomic E-state index is 15.0. The number of carboxylic acid groups (broad SMARTS) is 1. The number of aliphatic hydroxyl groups is 1. The molecule has 0 saturated carbocycles. The Balaban J connectivity index is 1.44. The molecule has 0 bridgehead atoms. The van der Waals surface area contributed by atoms with Crippen molar-refractivity contribution in [3.63, 3.8) is 0 Å². The highest BCUT2D eigenvalue weighted by Crippen LogP contribution is 2.45. The van der Waals surface area contributed by atoms with Crippen LogP contribution in [0.1, 0.15) is 46.8 Å². The van der Waals surface area contributed by atoms with Crippen LogP contribution in [0.15, 0.2) is 67.0 Å². The van der Waals surface area contributed by atoms with Crippen molar-refractivity contribution in [3.05, 3.63) is 106 Å². The van der Waals surface area contributed by atoms with Crippen LogP contribution in [0.2, 0.25) is 5.02 Å². The zero-order valence-electron chi connectivity index (χ0n) is 24.4. The van der Waals surface area contributed by atoms with E-state index < -0.39 is 12.0 Å². The van der Waals surface area contributed by atoms with Gasteiger partial charge in [0.25, 0.3) is 0 Å². The highest BCUT2D eigenvalue weighted by atomic mass is 35.5. The molecule has 4 aromatic rings. The molecular weight excluding hydrogens is 601 g/mol. The Labute approximate surface area is 264 Å². The zero-order valence-corrected chi connectivity index (χ0v) is 25.2. The second-order valence-electron chi connectivity index (χ2n) is 10.5. The van der Waals surface area contributed by atoms with E-state index in [9.17, 15) is 24.7 Å². The van der Waals surface area contributed by atoms with E-state index in [1.54, 1.807) is 36.5 Å². The van der Waals surface area contributed by atoms with E-state index in [2.05, 4.69) is 16.4 Å². The lowest BCUT2D eigenvalue weighted by Crippen LogP contribution is -2.37. The Bertz CT molecular complexity index is 1740. The summed E-state index contributed by atoms with van der Waals surface area (Å²) in [6.45, 7) is -0.129. The Kier molecular flexibility index (Phi) is 10.1. The molecule has 0 amide bonds. The minimum atomic E-state index is -1.09. The van der Waals surface area contributed by atoms with Gasteiger partial charge >= 0.3 is 5.97 Å². The van der Waals surface area contributed by atoms with Crippen molar-refractivity contribution in [2.24, 2.45) is 0 Å². The number of nitriles is 1. The van der Waals surface area contributed by atoms with Gasteiger partial charge in [0.1, 0.15) is 47.9 Å². The smallest absolute Gasteiger partial charge is 0.320 e. The molecule has 1 aliphatic rings. The molecular formula is C34H31ClFN3O6. The monoisotopic (exact) mass is 631 g/mol. The largest absolute Gasteiger partial charge is 0.496 e. The molecule has 5 rings (SSSR count). The van der Waals surface area contributed by atoms with Crippen molar-refractivity contribution >= 4 is 17.6 Å². The van der Waals surface area contributed by atoms with Gasteiger partial charge in [0, 0.05) is 42.7 Å². The normalized spacial score (nSPS) is 14.3. The number of aromatic nitrogens is 1. The van der Waals surface area contributed by atoms with Crippen LogP contribution in [0, 0.1) is 17.1 Å². The van der Waals surface area contributed by atoms with Crippen LogP contribution >= 0.6 is 11.6 Å². The molecule has 9 nitrogen and oxygen atoms in total. The molecule has 11 heteroatoms. The molecule has 0 radical (unpaired) electrons. The average Bonchev–Trinajstić information content (AvgIpc) is 3.46. The third-order valence-corrected chi connectivity index (χ3v) is 7.93. The van der Waals surface area contributed by atoms with Gasteiger partial charge < -0.3 is 29.7 Å². The summed E-state index contributed by atoms with van der Waals surface area (Å²) in [5.41, 5.74) is 4.64. The predicted molar refractivity (Wildman–Crippen MR) is 165 cm³/mol. The highest BCUT2D eigenvalue weighted by Gasteiger charge is 2.29.